The molecule has 2 aliphatic rings. The van der Waals surface area contributed by atoms with Gasteiger partial charge in [0.25, 0.3) is 0 Å². The monoisotopic (exact) mass is 246 g/mol. The van der Waals surface area contributed by atoms with Gasteiger partial charge in [-0.1, -0.05) is 18.2 Å². The van der Waals surface area contributed by atoms with Gasteiger partial charge in [-0.05, 0) is 37.4 Å². The third kappa shape index (κ3) is 2.25. The number of rotatable bonds is 5. The second-order valence-electron chi connectivity index (χ2n) is 5.96. The number of nitrogens with one attached hydrogen (secondary N) is 1. The van der Waals surface area contributed by atoms with E-state index in [2.05, 4.69) is 35.5 Å². The van der Waals surface area contributed by atoms with E-state index in [9.17, 15) is 5.11 Å². The fourth-order valence-electron chi connectivity index (χ4n) is 3.00. The molecule has 3 heteroatoms. The van der Waals surface area contributed by atoms with Gasteiger partial charge in [-0.25, -0.2) is 0 Å². The average molecular weight is 246 g/mol. The largest absolute Gasteiger partial charge is 0.396 e. The molecule has 3 rings (SSSR count). The number of hydrogen-bond acceptors (Lipinski definition) is 3. The molecule has 98 valence electrons. The lowest BCUT2D eigenvalue weighted by molar-refractivity contribution is 0.161. The van der Waals surface area contributed by atoms with Crippen LogP contribution in [-0.4, -0.2) is 36.8 Å². The fourth-order valence-corrected chi connectivity index (χ4v) is 3.00. The highest BCUT2D eigenvalue weighted by Crippen LogP contribution is 2.45. The zero-order chi connectivity index (χ0) is 12.6. The molecule has 0 radical (unpaired) electrons. The number of fused-ring (bicyclic) bond motifs is 1. The molecule has 1 fully saturated rings. The molecule has 0 spiro atoms. The van der Waals surface area contributed by atoms with Crippen LogP contribution in [0.4, 0.5) is 5.69 Å². The van der Waals surface area contributed by atoms with Crippen LogP contribution < -0.4 is 5.32 Å². The molecule has 0 bridgehead atoms. The summed E-state index contributed by atoms with van der Waals surface area (Å²) in [5.41, 5.74) is 4.39. The zero-order valence-electron chi connectivity index (χ0n) is 11.1. The Morgan fingerprint density at radius 1 is 1.39 bits per heavy atom. The van der Waals surface area contributed by atoms with Gasteiger partial charge in [-0.3, -0.25) is 0 Å². The van der Waals surface area contributed by atoms with E-state index in [0.29, 0.717) is 6.61 Å². The SMILES string of the molecule is CN(Cc1cccc2c1NCC2)CC1(CO)CC1. The first-order chi connectivity index (χ1) is 8.72. The standard InChI is InChI=1S/C15H22N2O/c1-17(10-15(11-18)6-7-15)9-13-4-2-3-12-5-8-16-14(12)13/h2-4,16,18H,5-11H2,1H3. The van der Waals surface area contributed by atoms with E-state index in [4.69, 9.17) is 0 Å². The molecule has 1 aromatic carbocycles. The van der Waals surface area contributed by atoms with Gasteiger partial charge in [0, 0.05) is 37.3 Å². The van der Waals surface area contributed by atoms with Crippen LogP contribution in [0.5, 0.6) is 0 Å². The number of aliphatic hydroxyl groups is 1. The Balaban J connectivity index is 1.67. The quantitative estimate of drug-likeness (QED) is 0.832. The zero-order valence-corrected chi connectivity index (χ0v) is 11.1. The third-order valence-corrected chi connectivity index (χ3v) is 4.27. The van der Waals surface area contributed by atoms with Crippen LogP contribution in [0, 0.1) is 5.41 Å². The Morgan fingerprint density at radius 3 is 2.94 bits per heavy atom. The summed E-state index contributed by atoms with van der Waals surface area (Å²) < 4.78 is 0. The predicted octanol–water partition coefficient (Wildman–Crippen LogP) is 1.86. The smallest absolute Gasteiger partial charge is 0.0499 e. The van der Waals surface area contributed by atoms with Crippen molar-refractivity contribution < 1.29 is 5.11 Å². The van der Waals surface area contributed by atoms with Gasteiger partial charge >= 0.3 is 0 Å². The van der Waals surface area contributed by atoms with Crippen molar-refractivity contribution in [3.05, 3.63) is 29.3 Å². The number of benzene rings is 1. The van der Waals surface area contributed by atoms with Crippen LogP contribution in [0.1, 0.15) is 24.0 Å². The first-order valence-electron chi connectivity index (χ1n) is 6.86. The minimum absolute atomic E-state index is 0.208. The molecule has 0 unspecified atom stereocenters. The summed E-state index contributed by atoms with van der Waals surface area (Å²) in [7, 11) is 2.16. The maximum absolute atomic E-state index is 9.39. The number of anilines is 1. The van der Waals surface area contributed by atoms with E-state index in [1.54, 1.807) is 0 Å². The van der Waals surface area contributed by atoms with Crippen molar-refractivity contribution in [3.63, 3.8) is 0 Å². The number of aliphatic hydroxyl groups excluding tert-OH is 1. The normalized spacial score (nSPS) is 19.7. The van der Waals surface area contributed by atoms with E-state index in [0.717, 1.165) is 26.1 Å². The number of para-hydroxylation sites is 1. The highest BCUT2D eigenvalue weighted by atomic mass is 16.3. The van der Waals surface area contributed by atoms with Crippen molar-refractivity contribution in [2.75, 3.05) is 32.1 Å². The molecule has 2 N–H and O–H groups in total. The summed E-state index contributed by atoms with van der Waals surface area (Å²) in [4.78, 5) is 2.35. The van der Waals surface area contributed by atoms with Crippen molar-refractivity contribution >= 4 is 5.69 Å². The molecule has 0 saturated heterocycles. The van der Waals surface area contributed by atoms with Gasteiger partial charge in [0.15, 0.2) is 0 Å². The maximum Gasteiger partial charge on any atom is 0.0499 e. The molecule has 1 aliphatic heterocycles. The average Bonchev–Trinajstić information content (AvgIpc) is 2.96. The van der Waals surface area contributed by atoms with Crippen molar-refractivity contribution in [2.45, 2.75) is 25.8 Å². The van der Waals surface area contributed by atoms with Crippen LogP contribution in [0.25, 0.3) is 0 Å². The van der Waals surface area contributed by atoms with Crippen LogP contribution in [0.3, 0.4) is 0 Å². The highest BCUT2D eigenvalue weighted by molar-refractivity contribution is 5.61. The molecule has 1 aliphatic carbocycles. The van der Waals surface area contributed by atoms with Gasteiger partial charge in [0.1, 0.15) is 0 Å². The van der Waals surface area contributed by atoms with Crippen LogP contribution in [0.2, 0.25) is 0 Å². The van der Waals surface area contributed by atoms with E-state index in [-0.39, 0.29) is 5.41 Å². The van der Waals surface area contributed by atoms with Gasteiger partial charge < -0.3 is 15.3 Å². The predicted molar refractivity (Wildman–Crippen MR) is 73.7 cm³/mol. The molecule has 0 amide bonds. The molecule has 0 aromatic heterocycles. The molecule has 1 aromatic rings. The topological polar surface area (TPSA) is 35.5 Å². The molecular weight excluding hydrogens is 224 g/mol. The summed E-state index contributed by atoms with van der Waals surface area (Å²) in [5.74, 6) is 0. The third-order valence-electron chi connectivity index (χ3n) is 4.27. The Labute approximate surface area is 109 Å². The van der Waals surface area contributed by atoms with Crippen molar-refractivity contribution in [3.8, 4) is 0 Å². The molecule has 1 saturated carbocycles. The lowest BCUT2D eigenvalue weighted by atomic mass is 10.1. The number of hydrogen-bond donors (Lipinski definition) is 2. The van der Waals surface area contributed by atoms with E-state index in [1.807, 2.05) is 0 Å². The lowest BCUT2D eigenvalue weighted by Crippen LogP contribution is -2.28. The Bertz CT molecular complexity index is 440. The van der Waals surface area contributed by atoms with Gasteiger partial charge in [-0.2, -0.15) is 0 Å². The van der Waals surface area contributed by atoms with E-state index >= 15 is 0 Å². The maximum atomic E-state index is 9.39. The van der Waals surface area contributed by atoms with Crippen molar-refractivity contribution in [2.24, 2.45) is 5.41 Å². The summed E-state index contributed by atoms with van der Waals surface area (Å²) in [6.07, 6.45) is 3.51. The number of nitrogens with zero attached hydrogens (tertiary/aromatic N) is 1. The summed E-state index contributed by atoms with van der Waals surface area (Å²) in [5, 5.41) is 12.9. The first-order valence-corrected chi connectivity index (χ1v) is 6.86. The molecule has 0 atom stereocenters. The van der Waals surface area contributed by atoms with Gasteiger partial charge in [0.2, 0.25) is 0 Å². The van der Waals surface area contributed by atoms with Gasteiger partial charge in [0.05, 0.1) is 0 Å². The Morgan fingerprint density at radius 2 is 2.22 bits per heavy atom. The van der Waals surface area contributed by atoms with Crippen molar-refractivity contribution in [1.29, 1.82) is 0 Å². The van der Waals surface area contributed by atoms with Crippen LogP contribution in [-0.2, 0) is 13.0 Å². The molecular formula is C15H22N2O. The Hall–Kier alpha value is -1.06. The first kappa shape index (κ1) is 12.0. The second kappa shape index (κ2) is 4.56. The second-order valence-corrected chi connectivity index (χ2v) is 5.96. The molecule has 3 nitrogen and oxygen atoms in total. The van der Waals surface area contributed by atoms with E-state index < -0.39 is 0 Å². The molecule has 18 heavy (non-hydrogen) atoms. The highest BCUT2D eigenvalue weighted by Gasteiger charge is 2.42. The van der Waals surface area contributed by atoms with Crippen molar-refractivity contribution in [1.82, 2.24) is 4.90 Å². The van der Waals surface area contributed by atoms with Crippen LogP contribution in [0.15, 0.2) is 18.2 Å². The summed E-state index contributed by atoms with van der Waals surface area (Å²) in [6.45, 7) is 3.38. The van der Waals surface area contributed by atoms with Crippen LogP contribution >= 0.6 is 0 Å². The van der Waals surface area contributed by atoms with Gasteiger partial charge in [-0.15, -0.1) is 0 Å². The molecule has 1 heterocycles. The minimum atomic E-state index is 0.208. The fraction of sp³-hybridized carbons (Fsp3) is 0.600. The van der Waals surface area contributed by atoms with E-state index in [1.165, 1.54) is 29.7 Å². The summed E-state index contributed by atoms with van der Waals surface area (Å²) >= 11 is 0. The minimum Gasteiger partial charge on any atom is -0.396 e. The Kier molecular flexibility index (Phi) is 3.04. The summed E-state index contributed by atoms with van der Waals surface area (Å²) in [6, 6.07) is 6.59. The lowest BCUT2D eigenvalue weighted by Gasteiger charge is -2.23.